The Morgan fingerprint density at radius 1 is 1.27 bits per heavy atom. The van der Waals surface area contributed by atoms with Crippen molar-refractivity contribution in [2.75, 3.05) is 32.2 Å². The SMILES string of the molecule is CCCO[C@@](C)(CC)C(=O)Nc1ccc(OCCOC)nc1. The van der Waals surface area contributed by atoms with Crippen LogP contribution in [0.4, 0.5) is 5.69 Å². The molecular weight excluding hydrogens is 284 g/mol. The summed E-state index contributed by atoms with van der Waals surface area (Å²) in [4.78, 5) is 16.5. The van der Waals surface area contributed by atoms with Crippen molar-refractivity contribution in [1.29, 1.82) is 0 Å². The van der Waals surface area contributed by atoms with Crippen molar-refractivity contribution in [2.24, 2.45) is 0 Å². The quantitative estimate of drug-likeness (QED) is 0.673. The van der Waals surface area contributed by atoms with Crippen LogP contribution in [0.1, 0.15) is 33.6 Å². The summed E-state index contributed by atoms with van der Waals surface area (Å²) >= 11 is 0. The Morgan fingerprint density at radius 2 is 2.05 bits per heavy atom. The van der Waals surface area contributed by atoms with Crippen LogP contribution >= 0.6 is 0 Å². The van der Waals surface area contributed by atoms with E-state index in [0.717, 1.165) is 6.42 Å². The lowest BCUT2D eigenvalue weighted by molar-refractivity contribution is -0.139. The Kier molecular flexibility index (Phi) is 7.84. The molecule has 1 amide bonds. The second-order valence-electron chi connectivity index (χ2n) is 5.11. The number of ether oxygens (including phenoxy) is 3. The van der Waals surface area contributed by atoms with Crippen molar-refractivity contribution in [3.05, 3.63) is 18.3 Å². The number of hydrogen-bond donors (Lipinski definition) is 1. The molecule has 0 saturated carbocycles. The van der Waals surface area contributed by atoms with E-state index in [2.05, 4.69) is 10.3 Å². The number of nitrogens with one attached hydrogen (secondary N) is 1. The van der Waals surface area contributed by atoms with Crippen LogP contribution in [-0.2, 0) is 14.3 Å². The number of amides is 1. The maximum absolute atomic E-state index is 12.4. The highest BCUT2D eigenvalue weighted by Crippen LogP contribution is 2.19. The zero-order chi connectivity index (χ0) is 16.4. The van der Waals surface area contributed by atoms with Crippen molar-refractivity contribution in [3.8, 4) is 5.88 Å². The van der Waals surface area contributed by atoms with Crippen LogP contribution in [0.2, 0.25) is 0 Å². The third-order valence-electron chi connectivity index (χ3n) is 3.31. The van der Waals surface area contributed by atoms with Crippen molar-refractivity contribution < 1.29 is 19.0 Å². The fourth-order valence-electron chi connectivity index (χ4n) is 1.69. The first-order chi connectivity index (χ1) is 10.6. The molecule has 1 heterocycles. The maximum Gasteiger partial charge on any atom is 0.256 e. The van der Waals surface area contributed by atoms with Gasteiger partial charge in [-0.2, -0.15) is 0 Å². The molecule has 0 aliphatic heterocycles. The lowest BCUT2D eigenvalue weighted by Crippen LogP contribution is -2.42. The van der Waals surface area contributed by atoms with Gasteiger partial charge in [-0.25, -0.2) is 4.98 Å². The number of anilines is 1. The molecule has 124 valence electrons. The summed E-state index contributed by atoms with van der Waals surface area (Å²) in [6.07, 6.45) is 3.04. The Bertz CT molecular complexity index is 450. The van der Waals surface area contributed by atoms with E-state index in [1.54, 1.807) is 32.4 Å². The normalized spacial score (nSPS) is 13.5. The molecule has 0 saturated heterocycles. The molecule has 1 N–H and O–H groups in total. The minimum atomic E-state index is -0.830. The van der Waals surface area contributed by atoms with Gasteiger partial charge in [0, 0.05) is 19.8 Å². The Morgan fingerprint density at radius 3 is 2.59 bits per heavy atom. The van der Waals surface area contributed by atoms with Gasteiger partial charge in [0.2, 0.25) is 5.88 Å². The monoisotopic (exact) mass is 310 g/mol. The lowest BCUT2D eigenvalue weighted by Gasteiger charge is -2.27. The number of nitrogens with zero attached hydrogens (tertiary/aromatic N) is 1. The predicted octanol–water partition coefficient (Wildman–Crippen LogP) is 2.64. The molecule has 0 aliphatic carbocycles. The number of rotatable bonds is 10. The van der Waals surface area contributed by atoms with Gasteiger partial charge >= 0.3 is 0 Å². The standard InChI is InChI=1S/C16H26N2O4/c1-5-9-22-16(3,6-2)15(19)18-13-7-8-14(17-12-13)21-11-10-20-4/h7-8,12H,5-6,9-11H2,1-4H3,(H,18,19)/t16-/m0/s1. The van der Waals surface area contributed by atoms with Crippen molar-refractivity contribution >= 4 is 11.6 Å². The van der Waals surface area contributed by atoms with Crippen LogP contribution in [0.25, 0.3) is 0 Å². The molecule has 0 aromatic carbocycles. The van der Waals surface area contributed by atoms with E-state index in [4.69, 9.17) is 14.2 Å². The van der Waals surface area contributed by atoms with E-state index in [1.807, 2.05) is 13.8 Å². The number of carbonyl (C=O) groups is 1. The first-order valence-corrected chi connectivity index (χ1v) is 7.59. The fraction of sp³-hybridized carbons (Fsp3) is 0.625. The molecule has 1 aromatic rings. The third-order valence-corrected chi connectivity index (χ3v) is 3.31. The van der Waals surface area contributed by atoms with Gasteiger partial charge in [0.15, 0.2) is 0 Å². The number of hydrogen-bond acceptors (Lipinski definition) is 5. The predicted molar refractivity (Wildman–Crippen MR) is 85.2 cm³/mol. The minimum Gasteiger partial charge on any atom is -0.475 e. The second-order valence-corrected chi connectivity index (χ2v) is 5.11. The average molecular weight is 310 g/mol. The van der Waals surface area contributed by atoms with Gasteiger partial charge in [-0.15, -0.1) is 0 Å². The van der Waals surface area contributed by atoms with Gasteiger partial charge in [0.05, 0.1) is 18.5 Å². The van der Waals surface area contributed by atoms with Crippen LogP contribution in [0.5, 0.6) is 5.88 Å². The lowest BCUT2D eigenvalue weighted by atomic mass is 10.0. The largest absolute Gasteiger partial charge is 0.475 e. The summed E-state index contributed by atoms with van der Waals surface area (Å²) < 4.78 is 16.0. The molecule has 6 nitrogen and oxygen atoms in total. The zero-order valence-corrected chi connectivity index (χ0v) is 13.8. The highest BCUT2D eigenvalue weighted by molar-refractivity contribution is 5.96. The van der Waals surface area contributed by atoms with Crippen LogP contribution < -0.4 is 10.1 Å². The molecule has 1 rings (SSSR count). The third kappa shape index (κ3) is 5.61. The van der Waals surface area contributed by atoms with Gasteiger partial charge in [0.25, 0.3) is 5.91 Å². The first kappa shape index (κ1) is 18.4. The van der Waals surface area contributed by atoms with Crippen molar-refractivity contribution in [3.63, 3.8) is 0 Å². The van der Waals surface area contributed by atoms with Gasteiger partial charge in [-0.3, -0.25) is 4.79 Å². The van der Waals surface area contributed by atoms with E-state index in [-0.39, 0.29) is 5.91 Å². The second kappa shape index (κ2) is 9.38. The van der Waals surface area contributed by atoms with Crippen LogP contribution in [0, 0.1) is 0 Å². The van der Waals surface area contributed by atoms with Gasteiger partial charge < -0.3 is 19.5 Å². The zero-order valence-electron chi connectivity index (χ0n) is 13.8. The summed E-state index contributed by atoms with van der Waals surface area (Å²) in [5, 5.41) is 2.83. The average Bonchev–Trinajstić information content (AvgIpc) is 2.54. The highest BCUT2D eigenvalue weighted by atomic mass is 16.5. The Hall–Kier alpha value is -1.66. The van der Waals surface area contributed by atoms with E-state index in [1.165, 1.54) is 0 Å². The van der Waals surface area contributed by atoms with Crippen LogP contribution in [-0.4, -0.2) is 43.4 Å². The molecule has 1 aromatic heterocycles. The van der Waals surface area contributed by atoms with E-state index in [9.17, 15) is 4.79 Å². The first-order valence-electron chi connectivity index (χ1n) is 7.59. The number of methoxy groups -OCH3 is 1. The molecule has 0 unspecified atom stereocenters. The van der Waals surface area contributed by atoms with Crippen LogP contribution in [0.3, 0.4) is 0 Å². The van der Waals surface area contributed by atoms with E-state index in [0.29, 0.717) is 37.8 Å². The number of carbonyl (C=O) groups excluding carboxylic acids is 1. The summed E-state index contributed by atoms with van der Waals surface area (Å²) in [5.41, 5.74) is -0.215. The fourth-order valence-corrected chi connectivity index (χ4v) is 1.69. The highest BCUT2D eigenvalue weighted by Gasteiger charge is 2.32. The Balaban J connectivity index is 2.59. The summed E-state index contributed by atoms with van der Waals surface area (Å²) in [5.74, 6) is 0.328. The van der Waals surface area contributed by atoms with Gasteiger partial charge in [-0.1, -0.05) is 13.8 Å². The topological polar surface area (TPSA) is 69.7 Å². The molecule has 0 bridgehead atoms. The van der Waals surface area contributed by atoms with Crippen molar-refractivity contribution in [2.45, 2.75) is 39.2 Å². The van der Waals surface area contributed by atoms with Gasteiger partial charge in [-0.05, 0) is 25.8 Å². The van der Waals surface area contributed by atoms with Crippen molar-refractivity contribution in [1.82, 2.24) is 4.98 Å². The van der Waals surface area contributed by atoms with E-state index >= 15 is 0 Å². The Labute approximate surface area is 132 Å². The molecule has 0 spiro atoms. The summed E-state index contributed by atoms with van der Waals surface area (Å²) in [6, 6.07) is 3.46. The van der Waals surface area contributed by atoms with Crippen LogP contribution in [0.15, 0.2) is 18.3 Å². The molecule has 22 heavy (non-hydrogen) atoms. The molecule has 0 radical (unpaired) electrons. The minimum absolute atomic E-state index is 0.168. The molecule has 1 atom stereocenters. The molecular formula is C16H26N2O4. The molecule has 0 aliphatic rings. The molecule has 6 heteroatoms. The summed E-state index contributed by atoms with van der Waals surface area (Å²) in [7, 11) is 1.61. The smallest absolute Gasteiger partial charge is 0.256 e. The summed E-state index contributed by atoms with van der Waals surface area (Å²) in [6.45, 7) is 7.24. The molecule has 0 fully saturated rings. The number of aromatic nitrogens is 1. The number of pyridine rings is 1. The van der Waals surface area contributed by atoms with Gasteiger partial charge in [0.1, 0.15) is 12.2 Å². The van der Waals surface area contributed by atoms with E-state index < -0.39 is 5.60 Å². The maximum atomic E-state index is 12.4.